The molecule has 0 aliphatic carbocycles. The van der Waals surface area contributed by atoms with Crippen LogP contribution in [0.5, 0.6) is 0 Å². The molecule has 8 rings (SSSR count). The summed E-state index contributed by atoms with van der Waals surface area (Å²) in [5.74, 6) is 0.681. The average molecular weight is 596 g/mol. The van der Waals surface area contributed by atoms with Crippen molar-refractivity contribution in [2.75, 3.05) is 0 Å². The second-order valence-corrected chi connectivity index (χ2v) is 12.7. The van der Waals surface area contributed by atoms with Gasteiger partial charge in [-0.3, -0.25) is 0 Å². The van der Waals surface area contributed by atoms with Crippen molar-refractivity contribution >= 4 is 43.6 Å². The molecule has 0 aliphatic rings. The zero-order valence-corrected chi connectivity index (χ0v) is 26.9. The molecule has 5 heteroatoms. The number of nitrogens with zero attached hydrogens (tertiary/aromatic N) is 5. The predicted octanol–water partition coefficient (Wildman–Crippen LogP) is 10.1. The molecule has 0 bridgehead atoms. The van der Waals surface area contributed by atoms with E-state index in [1.807, 2.05) is 19.9 Å². The van der Waals surface area contributed by atoms with Gasteiger partial charge < -0.3 is 9.13 Å². The van der Waals surface area contributed by atoms with Crippen LogP contribution in [0, 0.1) is 52.9 Å². The predicted molar refractivity (Wildman–Crippen MR) is 189 cm³/mol. The first-order valence-corrected chi connectivity index (χ1v) is 15.6. The standard InChI is InChI=1S/C41H33N5/c1-23-7-11-30-31-12-8-24(2)16-37(31)45(36(30)15-23)40-20-29(22-42)34(35-19-27(5)43-28(6)44-35)21-41(40)46-38-17-25(3)9-13-32(38)33-14-10-26(4)18-39(33)46/h7-21H,1-6H3. The van der Waals surface area contributed by atoms with Crippen LogP contribution in [-0.2, 0) is 0 Å². The third-order valence-electron chi connectivity index (χ3n) is 9.12. The Hall–Kier alpha value is -5.73. The Morgan fingerprint density at radius 3 is 1.30 bits per heavy atom. The zero-order valence-electron chi connectivity index (χ0n) is 26.9. The highest BCUT2D eigenvalue weighted by Crippen LogP contribution is 2.41. The van der Waals surface area contributed by atoms with Crippen molar-refractivity contribution in [3.8, 4) is 28.7 Å². The minimum Gasteiger partial charge on any atom is -0.307 e. The molecule has 5 nitrogen and oxygen atoms in total. The van der Waals surface area contributed by atoms with Crippen LogP contribution in [-0.4, -0.2) is 19.1 Å². The van der Waals surface area contributed by atoms with Crippen molar-refractivity contribution in [2.24, 2.45) is 0 Å². The largest absolute Gasteiger partial charge is 0.307 e. The quantitative estimate of drug-likeness (QED) is 0.204. The average Bonchev–Trinajstić information content (AvgIpc) is 3.50. The summed E-state index contributed by atoms with van der Waals surface area (Å²) < 4.78 is 4.74. The van der Waals surface area contributed by atoms with Crippen molar-refractivity contribution in [2.45, 2.75) is 41.5 Å². The number of nitriles is 1. The van der Waals surface area contributed by atoms with E-state index in [-0.39, 0.29) is 0 Å². The van der Waals surface area contributed by atoms with Gasteiger partial charge in [0.25, 0.3) is 0 Å². The van der Waals surface area contributed by atoms with E-state index < -0.39 is 0 Å². The van der Waals surface area contributed by atoms with Gasteiger partial charge in [0.05, 0.1) is 50.8 Å². The first-order chi connectivity index (χ1) is 22.2. The molecule has 0 amide bonds. The maximum absolute atomic E-state index is 10.7. The van der Waals surface area contributed by atoms with Gasteiger partial charge in [-0.05, 0) is 106 Å². The summed E-state index contributed by atoms with van der Waals surface area (Å²) in [7, 11) is 0. The molecule has 0 N–H and O–H groups in total. The van der Waals surface area contributed by atoms with Crippen LogP contribution in [0.2, 0.25) is 0 Å². The van der Waals surface area contributed by atoms with Gasteiger partial charge in [-0.15, -0.1) is 0 Å². The summed E-state index contributed by atoms with van der Waals surface area (Å²) in [5, 5.41) is 15.4. The Morgan fingerprint density at radius 2 is 0.913 bits per heavy atom. The molecule has 222 valence electrons. The molecule has 3 aromatic heterocycles. The molecule has 0 fully saturated rings. The number of hydrogen-bond donors (Lipinski definition) is 0. The molecule has 8 aromatic rings. The van der Waals surface area contributed by atoms with Gasteiger partial charge >= 0.3 is 0 Å². The van der Waals surface area contributed by atoms with E-state index in [1.54, 1.807) is 0 Å². The fraction of sp³-hybridized carbons (Fsp3) is 0.146. The van der Waals surface area contributed by atoms with E-state index in [0.717, 1.165) is 50.4 Å². The van der Waals surface area contributed by atoms with Crippen molar-refractivity contribution in [1.29, 1.82) is 5.26 Å². The van der Waals surface area contributed by atoms with E-state index >= 15 is 0 Å². The number of benzene rings is 5. The molecule has 0 saturated heterocycles. The number of hydrogen-bond acceptors (Lipinski definition) is 3. The summed E-state index contributed by atoms with van der Waals surface area (Å²) >= 11 is 0. The van der Waals surface area contributed by atoms with E-state index in [9.17, 15) is 5.26 Å². The Kier molecular flexibility index (Phi) is 6.13. The van der Waals surface area contributed by atoms with Gasteiger partial charge in [0, 0.05) is 32.8 Å². The molecule has 46 heavy (non-hydrogen) atoms. The second-order valence-electron chi connectivity index (χ2n) is 12.7. The molecule has 0 atom stereocenters. The summed E-state index contributed by atoms with van der Waals surface area (Å²) in [6.45, 7) is 12.4. The van der Waals surface area contributed by atoms with Gasteiger partial charge in [-0.25, -0.2) is 9.97 Å². The van der Waals surface area contributed by atoms with E-state index in [1.165, 1.54) is 43.8 Å². The van der Waals surface area contributed by atoms with Crippen LogP contribution in [0.4, 0.5) is 0 Å². The van der Waals surface area contributed by atoms with Gasteiger partial charge in [0.1, 0.15) is 5.82 Å². The summed E-state index contributed by atoms with van der Waals surface area (Å²) in [6.07, 6.45) is 0. The highest BCUT2D eigenvalue weighted by Gasteiger charge is 2.23. The lowest BCUT2D eigenvalue weighted by Gasteiger charge is -2.20. The molecule has 0 saturated carbocycles. The van der Waals surface area contributed by atoms with Gasteiger partial charge in [0.15, 0.2) is 0 Å². The van der Waals surface area contributed by atoms with E-state index in [4.69, 9.17) is 4.98 Å². The first kappa shape index (κ1) is 27.8. The summed E-state index contributed by atoms with van der Waals surface area (Å²) in [4.78, 5) is 9.35. The monoisotopic (exact) mass is 595 g/mol. The maximum Gasteiger partial charge on any atom is 0.126 e. The molecule has 0 unspecified atom stereocenters. The number of aryl methyl sites for hydroxylation is 6. The minimum atomic E-state index is 0.569. The molecular formula is C41H33N5. The Morgan fingerprint density at radius 1 is 0.500 bits per heavy atom. The fourth-order valence-corrected chi connectivity index (χ4v) is 7.09. The van der Waals surface area contributed by atoms with Gasteiger partial charge in [-0.1, -0.05) is 48.5 Å². The molecular weight excluding hydrogens is 562 g/mol. The lowest BCUT2D eigenvalue weighted by molar-refractivity contribution is 1.01. The van der Waals surface area contributed by atoms with Gasteiger partial charge in [0.2, 0.25) is 0 Å². The van der Waals surface area contributed by atoms with Crippen molar-refractivity contribution in [1.82, 2.24) is 19.1 Å². The highest BCUT2D eigenvalue weighted by atomic mass is 15.1. The van der Waals surface area contributed by atoms with Crippen LogP contribution < -0.4 is 0 Å². The number of aromatic nitrogens is 4. The fourth-order valence-electron chi connectivity index (χ4n) is 7.09. The normalized spacial score (nSPS) is 11.7. The molecule has 3 heterocycles. The highest BCUT2D eigenvalue weighted by molar-refractivity contribution is 6.12. The second kappa shape index (κ2) is 10.2. The van der Waals surface area contributed by atoms with Crippen molar-refractivity contribution in [3.05, 3.63) is 130 Å². The van der Waals surface area contributed by atoms with Crippen LogP contribution in [0.25, 0.3) is 66.2 Å². The number of fused-ring (bicyclic) bond motifs is 6. The van der Waals surface area contributed by atoms with Gasteiger partial charge in [-0.2, -0.15) is 5.26 Å². The van der Waals surface area contributed by atoms with Crippen LogP contribution in [0.15, 0.2) is 91.0 Å². The minimum absolute atomic E-state index is 0.569. The molecule has 0 spiro atoms. The summed E-state index contributed by atoms with van der Waals surface area (Å²) in [6, 6.07) is 35.4. The third-order valence-corrected chi connectivity index (χ3v) is 9.12. The zero-order chi connectivity index (χ0) is 31.9. The SMILES string of the molecule is Cc1ccc2c3ccc(C)cc3n(-c3cc(C#N)c(-c4cc(C)nc(C)n4)cc3-n3c4cc(C)ccc4c4ccc(C)cc43)c2c1. The van der Waals surface area contributed by atoms with Crippen LogP contribution >= 0.6 is 0 Å². The smallest absolute Gasteiger partial charge is 0.126 e. The summed E-state index contributed by atoms with van der Waals surface area (Å²) in [5.41, 5.74) is 14.1. The maximum atomic E-state index is 10.7. The Bertz CT molecular complexity index is 2470. The van der Waals surface area contributed by atoms with Crippen molar-refractivity contribution < 1.29 is 0 Å². The first-order valence-electron chi connectivity index (χ1n) is 15.6. The molecule has 0 radical (unpaired) electrons. The van der Waals surface area contributed by atoms with E-state index in [0.29, 0.717) is 11.4 Å². The van der Waals surface area contributed by atoms with E-state index in [2.05, 4.69) is 133 Å². The van der Waals surface area contributed by atoms with Crippen LogP contribution in [0.3, 0.4) is 0 Å². The lowest BCUT2D eigenvalue weighted by atomic mass is 10.0. The Balaban J connectivity index is 1.61. The topological polar surface area (TPSA) is 59.4 Å². The van der Waals surface area contributed by atoms with Crippen LogP contribution in [0.1, 0.15) is 39.3 Å². The third kappa shape index (κ3) is 4.22. The number of rotatable bonds is 3. The Labute approximate surface area is 268 Å². The molecule has 0 aliphatic heterocycles. The lowest BCUT2D eigenvalue weighted by Crippen LogP contribution is -2.06. The van der Waals surface area contributed by atoms with Crippen molar-refractivity contribution in [3.63, 3.8) is 0 Å². The molecule has 5 aromatic carbocycles.